The van der Waals surface area contributed by atoms with Crippen LogP contribution in [0.4, 0.5) is 0 Å². The first-order chi connectivity index (χ1) is 14.1. The maximum Gasteiger partial charge on any atom is 0.260 e. The number of methoxy groups -OCH3 is 3. The summed E-state index contributed by atoms with van der Waals surface area (Å²) in [5, 5.41) is 0. The van der Waals surface area contributed by atoms with Gasteiger partial charge in [0.05, 0.1) is 21.3 Å². The lowest BCUT2D eigenvalue weighted by molar-refractivity contribution is -0.135. The molecule has 0 atom stereocenters. The molecule has 1 saturated heterocycles. The van der Waals surface area contributed by atoms with Crippen LogP contribution in [0.15, 0.2) is 42.5 Å². The molecule has 0 radical (unpaired) electrons. The van der Waals surface area contributed by atoms with Crippen LogP contribution in [-0.4, -0.2) is 69.8 Å². The summed E-state index contributed by atoms with van der Waals surface area (Å²) in [7, 11) is 4.89. The first-order valence-electron chi connectivity index (χ1n) is 9.61. The van der Waals surface area contributed by atoms with E-state index in [4.69, 9.17) is 18.9 Å². The molecule has 0 bridgehead atoms. The molecule has 2 aromatic rings. The van der Waals surface area contributed by atoms with Crippen LogP contribution in [0, 0.1) is 0 Å². The molecule has 1 fully saturated rings. The van der Waals surface area contributed by atoms with Crippen molar-refractivity contribution in [3.05, 3.63) is 48.0 Å². The Balaban J connectivity index is 1.45. The number of amides is 1. The lowest BCUT2D eigenvalue weighted by Crippen LogP contribution is -2.49. The van der Waals surface area contributed by atoms with Crippen LogP contribution in [0.25, 0.3) is 0 Å². The SMILES string of the molecule is COc1ccc(OCC(=O)N2CCN(Cc3ccc(OC)c(OC)c3)CC2)cc1. The molecule has 0 aliphatic carbocycles. The summed E-state index contributed by atoms with van der Waals surface area (Å²) >= 11 is 0. The Bertz CT molecular complexity index is 801. The van der Waals surface area contributed by atoms with Gasteiger partial charge in [-0.3, -0.25) is 9.69 Å². The topological polar surface area (TPSA) is 60.5 Å². The lowest BCUT2D eigenvalue weighted by Gasteiger charge is -2.34. The van der Waals surface area contributed by atoms with Gasteiger partial charge in [-0.2, -0.15) is 0 Å². The van der Waals surface area contributed by atoms with E-state index < -0.39 is 0 Å². The minimum Gasteiger partial charge on any atom is -0.497 e. The largest absolute Gasteiger partial charge is 0.497 e. The number of carbonyl (C=O) groups is 1. The number of piperazine rings is 1. The van der Waals surface area contributed by atoms with E-state index in [2.05, 4.69) is 4.90 Å². The Kier molecular flexibility index (Phi) is 7.19. The minimum atomic E-state index is 0.00610. The predicted octanol–water partition coefficient (Wildman–Crippen LogP) is 2.44. The van der Waals surface area contributed by atoms with Gasteiger partial charge in [0.15, 0.2) is 18.1 Å². The smallest absolute Gasteiger partial charge is 0.260 e. The van der Waals surface area contributed by atoms with Gasteiger partial charge in [0.2, 0.25) is 0 Å². The van der Waals surface area contributed by atoms with Gasteiger partial charge in [0, 0.05) is 32.7 Å². The molecule has 2 aromatic carbocycles. The maximum absolute atomic E-state index is 12.4. The van der Waals surface area contributed by atoms with Crippen molar-refractivity contribution in [1.82, 2.24) is 9.80 Å². The zero-order valence-corrected chi connectivity index (χ0v) is 17.2. The van der Waals surface area contributed by atoms with Gasteiger partial charge < -0.3 is 23.8 Å². The molecule has 1 aliphatic rings. The third kappa shape index (κ3) is 5.54. The average molecular weight is 400 g/mol. The molecule has 0 spiro atoms. The highest BCUT2D eigenvalue weighted by Crippen LogP contribution is 2.28. The quantitative estimate of drug-likeness (QED) is 0.678. The van der Waals surface area contributed by atoms with Crippen molar-refractivity contribution in [3.8, 4) is 23.0 Å². The summed E-state index contributed by atoms with van der Waals surface area (Å²) in [5.41, 5.74) is 1.16. The number of ether oxygens (including phenoxy) is 4. The summed E-state index contributed by atoms with van der Waals surface area (Å²) in [6.45, 7) is 3.88. The molecule has 29 heavy (non-hydrogen) atoms. The first kappa shape index (κ1) is 20.8. The maximum atomic E-state index is 12.4. The fourth-order valence-corrected chi connectivity index (χ4v) is 3.30. The van der Waals surface area contributed by atoms with Gasteiger partial charge in [0.25, 0.3) is 5.91 Å². The second-order valence-electron chi connectivity index (χ2n) is 6.81. The van der Waals surface area contributed by atoms with Gasteiger partial charge in [-0.15, -0.1) is 0 Å². The predicted molar refractivity (Wildman–Crippen MR) is 110 cm³/mol. The highest BCUT2D eigenvalue weighted by molar-refractivity contribution is 5.77. The number of rotatable bonds is 8. The summed E-state index contributed by atoms with van der Waals surface area (Å²) in [6, 6.07) is 13.2. The number of nitrogens with zero attached hydrogens (tertiary/aromatic N) is 2. The standard InChI is InChI=1S/C22H28N2O5/c1-26-18-5-7-19(8-6-18)29-16-22(25)24-12-10-23(11-13-24)15-17-4-9-20(27-2)21(14-17)28-3/h4-9,14H,10-13,15-16H2,1-3H3. The van der Waals surface area contributed by atoms with E-state index in [1.54, 1.807) is 33.5 Å². The second kappa shape index (κ2) is 10.0. The summed E-state index contributed by atoms with van der Waals surface area (Å²) in [4.78, 5) is 16.6. The van der Waals surface area contributed by atoms with Gasteiger partial charge in [-0.25, -0.2) is 0 Å². The Morgan fingerprint density at radius 1 is 0.828 bits per heavy atom. The van der Waals surface area contributed by atoms with Crippen molar-refractivity contribution in [1.29, 1.82) is 0 Å². The first-order valence-corrected chi connectivity index (χ1v) is 9.61. The molecule has 0 N–H and O–H groups in total. The molecule has 1 amide bonds. The Hall–Kier alpha value is -2.93. The molecule has 3 rings (SSSR count). The number of hydrogen-bond donors (Lipinski definition) is 0. The van der Waals surface area contributed by atoms with E-state index in [0.29, 0.717) is 18.8 Å². The van der Waals surface area contributed by atoms with Crippen LogP contribution >= 0.6 is 0 Å². The van der Waals surface area contributed by atoms with Gasteiger partial charge in [0.1, 0.15) is 11.5 Å². The Morgan fingerprint density at radius 2 is 1.48 bits per heavy atom. The van der Waals surface area contributed by atoms with E-state index in [1.165, 1.54) is 0 Å². The van der Waals surface area contributed by atoms with E-state index in [-0.39, 0.29) is 12.5 Å². The van der Waals surface area contributed by atoms with Gasteiger partial charge >= 0.3 is 0 Å². The van der Waals surface area contributed by atoms with Crippen LogP contribution in [-0.2, 0) is 11.3 Å². The Labute approximate surface area is 171 Å². The molecule has 0 saturated carbocycles. The molecule has 1 heterocycles. The van der Waals surface area contributed by atoms with Crippen LogP contribution in [0.2, 0.25) is 0 Å². The normalized spacial score (nSPS) is 14.4. The fourth-order valence-electron chi connectivity index (χ4n) is 3.30. The average Bonchev–Trinajstić information content (AvgIpc) is 2.78. The molecule has 156 valence electrons. The highest BCUT2D eigenvalue weighted by atomic mass is 16.5. The third-order valence-corrected chi connectivity index (χ3v) is 5.00. The van der Waals surface area contributed by atoms with Crippen LogP contribution in [0.5, 0.6) is 23.0 Å². The zero-order valence-electron chi connectivity index (χ0n) is 17.2. The second-order valence-corrected chi connectivity index (χ2v) is 6.81. The van der Waals surface area contributed by atoms with Crippen molar-refractivity contribution in [2.45, 2.75) is 6.54 Å². The Morgan fingerprint density at radius 3 is 2.10 bits per heavy atom. The van der Waals surface area contributed by atoms with Crippen molar-refractivity contribution >= 4 is 5.91 Å². The van der Waals surface area contributed by atoms with Gasteiger partial charge in [-0.05, 0) is 42.0 Å². The summed E-state index contributed by atoms with van der Waals surface area (Å²) < 4.78 is 21.4. The molecule has 0 aromatic heterocycles. The fraction of sp³-hybridized carbons (Fsp3) is 0.409. The van der Waals surface area contributed by atoms with E-state index in [0.717, 1.165) is 42.4 Å². The minimum absolute atomic E-state index is 0.00610. The molecular weight excluding hydrogens is 372 g/mol. The number of benzene rings is 2. The van der Waals surface area contributed by atoms with E-state index in [9.17, 15) is 4.79 Å². The van der Waals surface area contributed by atoms with Crippen LogP contribution in [0.1, 0.15) is 5.56 Å². The van der Waals surface area contributed by atoms with Crippen molar-refractivity contribution < 1.29 is 23.7 Å². The lowest BCUT2D eigenvalue weighted by atomic mass is 10.1. The molecule has 7 nitrogen and oxygen atoms in total. The molecule has 0 unspecified atom stereocenters. The summed E-state index contributed by atoms with van der Waals surface area (Å²) in [6.07, 6.45) is 0. The third-order valence-electron chi connectivity index (χ3n) is 5.00. The van der Waals surface area contributed by atoms with E-state index in [1.807, 2.05) is 35.2 Å². The van der Waals surface area contributed by atoms with Crippen molar-refractivity contribution in [2.24, 2.45) is 0 Å². The number of hydrogen-bond acceptors (Lipinski definition) is 6. The number of carbonyl (C=O) groups excluding carboxylic acids is 1. The molecule has 7 heteroatoms. The van der Waals surface area contributed by atoms with E-state index >= 15 is 0 Å². The van der Waals surface area contributed by atoms with Crippen molar-refractivity contribution in [3.63, 3.8) is 0 Å². The molecular formula is C22H28N2O5. The zero-order chi connectivity index (χ0) is 20.6. The highest BCUT2D eigenvalue weighted by Gasteiger charge is 2.21. The monoisotopic (exact) mass is 400 g/mol. The van der Waals surface area contributed by atoms with Crippen LogP contribution < -0.4 is 18.9 Å². The van der Waals surface area contributed by atoms with Crippen molar-refractivity contribution in [2.75, 3.05) is 54.1 Å². The summed E-state index contributed by atoms with van der Waals surface area (Å²) in [5.74, 6) is 2.88. The van der Waals surface area contributed by atoms with Gasteiger partial charge in [-0.1, -0.05) is 6.07 Å². The molecule has 1 aliphatic heterocycles. The van der Waals surface area contributed by atoms with Crippen LogP contribution in [0.3, 0.4) is 0 Å².